The van der Waals surface area contributed by atoms with Crippen LogP contribution in [0.25, 0.3) is 0 Å². The van der Waals surface area contributed by atoms with E-state index in [-0.39, 0.29) is 11.9 Å². The van der Waals surface area contributed by atoms with Crippen LogP contribution in [-0.4, -0.2) is 37.6 Å². The Kier molecular flexibility index (Phi) is 4.74. The highest BCUT2D eigenvalue weighted by Crippen LogP contribution is 2.24. The predicted molar refractivity (Wildman–Crippen MR) is 70.5 cm³/mol. The zero-order valence-corrected chi connectivity index (χ0v) is 11.1. The maximum atomic E-state index is 13.9. The van der Waals surface area contributed by atoms with Gasteiger partial charge in [0.05, 0.1) is 7.11 Å². The van der Waals surface area contributed by atoms with Gasteiger partial charge in [0.25, 0.3) is 0 Å². The molecule has 1 aliphatic heterocycles. The molecule has 1 aromatic carbocycles. The molecule has 1 aromatic rings. The summed E-state index contributed by atoms with van der Waals surface area (Å²) in [6.45, 7) is 2.16. The standard InChI is InChI=1S/C14H19FN2O2/c1-19-14-6-2-5-13(15)12(14)9-17-7-3-4-11(8-17)16-10-18/h2,5-6,10-11H,3-4,7-9H2,1H3,(H,16,18)/t11-/m1/s1. The third kappa shape index (κ3) is 3.44. The SMILES string of the molecule is COc1cccc(F)c1CN1CCC[C@@H](NC=O)C1. The lowest BCUT2D eigenvalue weighted by atomic mass is 10.0. The van der Waals surface area contributed by atoms with Crippen LogP contribution in [0.15, 0.2) is 18.2 Å². The van der Waals surface area contributed by atoms with Crippen molar-refractivity contribution >= 4 is 6.41 Å². The third-order valence-corrected chi connectivity index (χ3v) is 3.49. The summed E-state index contributed by atoms with van der Waals surface area (Å²) in [4.78, 5) is 12.6. The summed E-state index contributed by atoms with van der Waals surface area (Å²) < 4.78 is 19.1. The summed E-state index contributed by atoms with van der Waals surface area (Å²) in [5, 5.41) is 2.80. The molecule has 1 fully saturated rings. The summed E-state index contributed by atoms with van der Waals surface area (Å²) in [7, 11) is 1.55. The Hall–Kier alpha value is -1.62. The lowest BCUT2D eigenvalue weighted by molar-refractivity contribution is -0.110. The second kappa shape index (κ2) is 6.52. The van der Waals surface area contributed by atoms with Gasteiger partial charge in [-0.15, -0.1) is 0 Å². The van der Waals surface area contributed by atoms with Gasteiger partial charge in [0.15, 0.2) is 0 Å². The molecule has 0 unspecified atom stereocenters. The first-order valence-electron chi connectivity index (χ1n) is 6.48. The van der Waals surface area contributed by atoms with E-state index >= 15 is 0 Å². The maximum Gasteiger partial charge on any atom is 0.207 e. The van der Waals surface area contributed by atoms with Crippen LogP contribution in [0, 0.1) is 5.82 Å². The Morgan fingerprint density at radius 1 is 1.58 bits per heavy atom. The van der Waals surface area contributed by atoms with Crippen LogP contribution in [0.1, 0.15) is 18.4 Å². The van der Waals surface area contributed by atoms with Crippen LogP contribution < -0.4 is 10.1 Å². The van der Waals surface area contributed by atoms with E-state index in [0.717, 1.165) is 32.3 Å². The molecule has 2 rings (SSSR count). The van der Waals surface area contributed by atoms with Crippen molar-refractivity contribution < 1.29 is 13.9 Å². The van der Waals surface area contributed by atoms with Gasteiger partial charge in [-0.05, 0) is 31.5 Å². The number of nitrogens with one attached hydrogen (secondary N) is 1. The Balaban J connectivity index is 2.06. The van der Waals surface area contributed by atoms with Crippen LogP contribution in [0.3, 0.4) is 0 Å². The van der Waals surface area contributed by atoms with Gasteiger partial charge in [0, 0.05) is 24.7 Å². The largest absolute Gasteiger partial charge is 0.496 e. The first-order chi connectivity index (χ1) is 9.24. The first-order valence-corrected chi connectivity index (χ1v) is 6.48. The number of hydrogen-bond acceptors (Lipinski definition) is 3. The van der Waals surface area contributed by atoms with Gasteiger partial charge in [0.1, 0.15) is 11.6 Å². The average Bonchev–Trinajstić information content (AvgIpc) is 2.42. The lowest BCUT2D eigenvalue weighted by Gasteiger charge is -2.32. The molecule has 0 spiro atoms. The number of carbonyl (C=O) groups is 1. The van der Waals surface area contributed by atoms with Crippen molar-refractivity contribution in [3.8, 4) is 5.75 Å². The van der Waals surface area contributed by atoms with Crippen LogP contribution >= 0.6 is 0 Å². The summed E-state index contributed by atoms with van der Waals surface area (Å²) in [6, 6.07) is 5.01. The highest BCUT2D eigenvalue weighted by Gasteiger charge is 2.21. The van der Waals surface area contributed by atoms with Gasteiger partial charge in [-0.1, -0.05) is 6.07 Å². The lowest BCUT2D eigenvalue weighted by Crippen LogP contribution is -2.44. The molecule has 1 atom stereocenters. The number of carbonyl (C=O) groups excluding carboxylic acids is 1. The number of hydrogen-bond donors (Lipinski definition) is 1. The molecule has 4 nitrogen and oxygen atoms in total. The van der Waals surface area contributed by atoms with Crippen molar-refractivity contribution in [3.05, 3.63) is 29.6 Å². The van der Waals surface area contributed by atoms with E-state index in [1.54, 1.807) is 19.2 Å². The minimum absolute atomic E-state index is 0.156. The third-order valence-electron chi connectivity index (χ3n) is 3.49. The minimum Gasteiger partial charge on any atom is -0.496 e. The molecule has 1 amide bonds. The van der Waals surface area contributed by atoms with Crippen molar-refractivity contribution in [3.63, 3.8) is 0 Å². The number of likely N-dealkylation sites (tertiary alicyclic amines) is 1. The second-order valence-corrected chi connectivity index (χ2v) is 4.78. The fraction of sp³-hybridized carbons (Fsp3) is 0.500. The topological polar surface area (TPSA) is 41.6 Å². The van der Waals surface area contributed by atoms with E-state index in [1.807, 2.05) is 0 Å². The van der Waals surface area contributed by atoms with E-state index in [0.29, 0.717) is 17.9 Å². The van der Waals surface area contributed by atoms with Crippen LogP contribution in [0.2, 0.25) is 0 Å². The molecule has 1 aliphatic rings. The van der Waals surface area contributed by atoms with Gasteiger partial charge >= 0.3 is 0 Å². The van der Waals surface area contributed by atoms with Gasteiger partial charge in [-0.3, -0.25) is 9.69 Å². The molecule has 1 saturated heterocycles. The number of rotatable bonds is 5. The number of nitrogens with zero attached hydrogens (tertiary/aromatic N) is 1. The number of amides is 1. The van der Waals surface area contributed by atoms with Crippen molar-refractivity contribution in [2.75, 3.05) is 20.2 Å². The highest BCUT2D eigenvalue weighted by molar-refractivity contribution is 5.46. The van der Waals surface area contributed by atoms with Gasteiger partial charge in [-0.25, -0.2) is 4.39 Å². The van der Waals surface area contributed by atoms with Gasteiger partial charge < -0.3 is 10.1 Å². The van der Waals surface area contributed by atoms with E-state index in [1.165, 1.54) is 6.07 Å². The van der Waals surface area contributed by atoms with Crippen molar-refractivity contribution in [2.45, 2.75) is 25.4 Å². The molecular formula is C14H19FN2O2. The normalized spacial score (nSPS) is 20.0. The van der Waals surface area contributed by atoms with Crippen molar-refractivity contribution in [1.82, 2.24) is 10.2 Å². The summed E-state index contributed by atoms with van der Waals surface area (Å²) in [5.74, 6) is 0.329. The highest BCUT2D eigenvalue weighted by atomic mass is 19.1. The molecule has 5 heteroatoms. The van der Waals surface area contributed by atoms with Crippen LogP contribution in [-0.2, 0) is 11.3 Å². The van der Waals surface area contributed by atoms with Gasteiger partial charge in [-0.2, -0.15) is 0 Å². The van der Waals surface area contributed by atoms with Gasteiger partial charge in [0.2, 0.25) is 6.41 Å². The first kappa shape index (κ1) is 13.8. The molecule has 1 heterocycles. The molecule has 0 saturated carbocycles. The second-order valence-electron chi connectivity index (χ2n) is 4.78. The molecule has 104 valence electrons. The summed E-state index contributed by atoms with van der Waals surface area (Å²) >= 11 is 0. The Morgan fingerprint density at radius 3 is 3.16 bits per heavy atom. The van der Waals surface area contributed by atoms with E-state index < -0.39 is 0 Å². The zero-order valence-electron chi connectivity index (χ0n) is 11.1. The van der Waals surface area contributed by atoms with Crippen molar-refractivity contribution in [2.24, 2.45) is 0 Å². The maximum absolute atomic E-state index is 13.9. The van der Waals surface area contributed by atoms with Crippen LogP contribution in [0.5, 0.6) is 5.75 Å². The quantitative estimate of drug-likeness (QED) is 0.822. The Labute approximate surface area is 112 Å². The Bertz CT molecular complexity index is 439. The molecule has 19 heavy (non-hydrogen) atoms. The Morgan fingerprint density at radius 2 is 2.42 bits per heavy atom. The number of piperidine rings is 1. The average molecular weight is 266 g/mol. The number of benzene rings is 1. The van der Waals surface area contributed by atoms with Crippen molar-refractivity contribution in [1.29, 1.82) is 0 Å². The summed E-state index contributed by atoms with van der Waals surface area (Å²) in [5.41, 5.74) is 0.580. The van der Waals surface area contributed by atoms with E-state index in [9.17, 15) is 9.18 Å². The van der Waals surface area contributed by atoms with E-state index in [2.05, 4.69) is 10.2 Å². The van der Waals surface area contributed by atoms with E-state index in [4.69, 9.17) is 4.74 Å². The number of ether oxygens (including phenoxy) is 1. The zero-order chi connectivity index (χ0) is 13.7. The fourth-order valence-corrected chi connectivity index (χ4v) is 2.54. The molecule has 0 aromatic heterocycles. The molecule has 0 bridgehead atoms. The minimum atomic E-state index is -0.246. The smallest absolute Gasteiger partial charge is 0.207 e. The fourth-order valence-electron chi connectivity index (χ4n) is 2.54. The monoisotopic (exact) mass is 266 g/mol. The number of halogens is 1. The summed E-state index contributed by atoms with van der Waals surface area (Å²) in [6.07, 6.45) is 2.71. The van der Waals surface area contributed by atoms with Crippen LogP contribution in [0.4, 0.5) is 4.39 Å². The molecule has 0 aliphatic carbocycles. The predicted octanol–water partition coefficient (Wildman–Crippen LogP) is 1.54. The number of methoxy groups -OCH3 is 1. The molecule has 1 N–H and O–H groups in total. The molecular weight excluding hydrogens is 247 g/mol. The molecule has 0 radical (unpaired) electrons.